The standard InChI is InChI=1S/C9H9NO3/c1-2-12-6-3-4-7-8(5-6)13-9(11)10-7/h3-5H,2H2,1H3,(H,10,11). The van der Waals surface area contributed by atoms with Gasteiger partial charge >= 0.3 is 5.76 Å². The number of fused-ring (bicyclic) bond motifs is 1. The molecule has 2 rings (SSSR count). The van der Waals surface area contributed by atoms with Gasteiger partial charge in [-0.1, -0.05) is 0 Å². The number of aromatic amines is 1. The number of ether oxygens (including phenoxy) is 1. The van der Waals surface area contributed by atoms with Crippen LogP contribution in [0.15, 0.2) is 27.4 Å². The van der Waals surface area contributed by atoms with E-state index in [9.17, 15) is 4.79 Å². The van der Waals surface area contributed by atoms with Gasteiger partial charge in [0.1, 0.15) is 5.75 Å². The lowest BCUT2D eigenvalue weighted by atomic mass is 10.3. The van der Waals surface area contributed by atoms with Gasteiger partial charge < -0.3 is 9.15 Å². The monoisotopic (exact) mass is 179 g/mol. The number of rotatable bonds is 2. The minimum Gasteiger partial charge on any atom is -0.494 e. The van der Waals surface area contributed by atoms with E-state index in [4.69, 9.17) is 9.15 Å². The molecule has 0 aliphatic heterocycles. The highest BCUT2D eigenvalue weighted by Gasteiger charge is 2.01. The number of nitrogens with one attached hydrogen (secondary N) is 1. The lowest BCUT2D eigenvalue weighted by Crippen LogP contribution is -1.92. The molecule has 4 heteroatoms. The summed E-state index contributed by atoms with van der Waals surface area (Å²) >= 11 is 0. The van der Waals surface area contributed by atoms with Crippen LogP contribution < -0.4 is 10.5 Å². The Morgan fingerprint density at radius 1 is 1.54 bits per heavy atom. The van der Waals surface area contributed by atoms with Gasteiger partial charge in [-0.05, 0) is 19.1 Å². The number of benzene rings is 1. The molecule has 0 fully saturated rings. The van der Waals surface area contributed by atoms with Gasteiger partial charge in [0.15, 0.2) is 5.58 Å². The lowest BCUT2D eigenvalue weighted by Gasteiger charge is -2.00. The van der Waals surface area contributed by atoms with Crippen LogP contribution in [0, 0.1) is 0 Å². The van der Waals surface area contributed by atoms with E-state index in [1.54, 1.807) is 18.2 Å². The van der Waals surface area contributed by atoms with E-state index in [2.05, 4.69) is 4.98 Å². The van der Waals surface area contributed by atoms with Crippen molar-refractivity contribution in [2.75, 3.05) is 6.61 Å². The van der Waals surface area contributed by atoms with Crippen molar-refractivity contribution in [3.05, 3.63) is 28.7 Å². The van der Waals surface area contributed by atoms with E-state index in [0.29, 0.717) is 23.5 Å². The molecule has 1 aromatic carbocycles. The third kappa shape index (κ3) is 1.42. The number of oxazole rings is 1. The van der Waals surface area contributed by atoms with Crippen LogP contribution in [-0.4, -0.2) is 11.6 Å². The van der Waals surface area contributed by atoms with Crippen LogP contribution in [0.25, 0.3) is 11.1 Å². The molecule has 0 spiro atoms. The fourth-order valence-corrected chi connectivity index (χ4v) is 1.18. The average Bonchev–Trinajstić information content (AvgIpc) is 2.44. The third-order valence-corrected chi connectivity index (χ3v) is 1.70. The molecule has 0 amide bonds. The molecule has 0 atom stereocenters. The normalized spacial score (nSPS) is 10.5. The number of hydrogen-bond donors (Lipinski definition) is 1. The summed E-state index contributed by atoms with van der Waals surface area (Å²) in [6.07, 6.45) is 0. The van der Waals surface area contributed by atoms with Gasteiger partial charge in [-0.15, -0.1) is 0 Å². The summed E-state index contributed by atoms with van der Waals surface area (Å²) in [7, 11) is 0. The Morgan fingerprint density at radius 3 is 3.15 bits per heavy atom. The van der Waals surface area contributed by atoms with Gasteiger partial charge in [0.2, 0.25) is 0 Å². The summed E-state index contributed by atoms with van der Waals surface area (Å²) in [6.45, 7) is 2.50. The van der Waals surface area contributed by atoms with Gasteiger partial charge in [-0.2, -0.15) is 0 Å². The van der Waals surface area contributed by atoms with Crippen LogP contribution in [-0.2, 0) is 0 Å². The van der Waals surface area contributed by atoms with Gasteiger partial charge in [-0.25, -0.2) is 4.79 Å². The van der Waals surface area contributed by atoms with Gasteiger partial charge in [0.05, 0.1) is 12.1 Å². The van der Waals surface area contributed by atoms with Crippen molar-refractivity contribution in [2.24, 2.45) is 0 Å². The zero-order valence-corrected chi connectivity index (χ0v) is 7.16. The van der Waals surface area contributed by atoms with Crippen LogP contribution in [0.5, 0.6) is 5.75 Å². The van der Waals surface area contributed by atoms with Gasteiger partial charge in [0.25, 0.3) is 0 Å². The summed E-state index contributed by atoms with van der Waals surface area (Å²) in [5, 5.41) is 0. The van der Waals surface area contributed by atoms with E-state index < -0.39 is 5.76 Å². The maximum absolute atomic E-state index is 10.8. The molecule has 0 unspecified atom stereocenters. The van der Waals surface area contributed by atoms with E-state index >= 15 is 0 Å². The fourth-order valence-electron chi connectivity index (χ4n) is 1.18. The van der Waals surface area contributed by atoms with Gasteiger partial charge in [-0.3, -0.25) is 4.98 Å². The van der Waals surface area contributed by atoms with Crippen molar-refractivity contribution in [3.8, 4) is 5.75 Å². The maximum Gasteiger partial charge on any atom is 0.417 e. The highest BCUT2D eigenvalue weighted by molar-refractivity contribution is 5.73. The third-order valence-electron chi connectivity index (χ3n) is 1.70. The van der Waals surface area contributed by atoms with Gasteiger partial charge in [0, 0.05) is 6.07 Å². The largest absolute Gasteiger partial charge is 0.494 e. The minimum atomic E-state index is -0.441. The molecule has 0 aliphatic rings. The highest BCUT2D eigenvalue weighted by atomic mass is 16.5. The van der Waals surface area contributed by atoms with Crippen molar-refractivity contribution in [1.29, 1.82) is 0 Å². The van der Waals surface area contributed by atoms with Crippen molar-refractivity contribution in [3.63, 3.8) is 0 Å². The minimum absolute atomic E-state index is 0.441. The van der Waals surface area contributed by atoms with E-state index in [-0.39, 0.29) is 0 Å². The summed E-state index contributed by atoms with van der Waals surface area (Å²) in [5.41, 5.74) is 1.21. The Kier molecular flexibility index (Phi) is 1.81. The molecule has 0 aliphatic carbocycles. The molecule has 0 radical (unpaired) electrons. The Morgan fingerprint density at radius 2 is 2.38 bits per heavy atom. The summed E-state index contributed by atoms with van der Waals surface area (Å²) < 4.78 is 10.1. The molecule has 68 valence electrons. The first-order chi connectivity index (χ1) is 6.29. The van der Waals surface area contributed by atoms with Crippen molar-refractivity contribution >= 4 is 11.1 Å². The second-order valence-electron chi connectivity index (χ2n) is 2.61. The fraction of sp³-hybridized carbons (Fsp3) is 0.222. The quantitative estimate of drug-likeness (QED) is 0.760. The average molecular weight is 179 g/mol. The first kappa shape index (κ1) is 7.91. The van der Waals surface area contributed by atoms with Crippen LogP contribution in [0.3, 0.4) is 0 Å². The summed E-state index contributed by atoms with van der Waals surface area (Å²) in [4.78, 5) is 13.3. The van der Waals surface area contributed by atoms with E-state index in [1.807, 2.05) is 6.92 Å². The van der Waals surface area contributed by atoms with Crippen molar-refractivity contribution in [2.45, 2.75) is 6.92 Å². The molecule has 1 N–H and O–H groups in total. The molecule has 0 bridgehead atoms. The second kappa shape index (κ2) is 2.97. The Balaban J connectivity index is 2.54. The Bertz CT molecular complexity index is 469. The van der Waals surface area contributed by atoms with Crippen LogP contribution >= 0.6 is 0 Å². The second-order valence-corrected chi connectivity index (χ2v) is 2.61. The van der Waals surface area contributed by atoms with Crippen LogP contribution in [0.1, 0.15) is 6.92 Å². The molecule has 0 saturated heterocycles. The van der Waals surface area contributed by atoms with Crippen molar-refractivity contribution < 1.29 is 9.15 Å². The summed E-state index contributed by atoms with van der Waals surface area (Å²) in [6, 6.07) is 5.24. The molecule has 13 heavy (non-hydrogen) atoms. The number of aromatic nitrogens is 1. The zero-order valence-electron chi connectivity index (χ0n) is 7.16. The van der Waals surface area contributed by atoms with Crippen molar-refractivity contribution in [1.82, 2.24) is 4.98 Å². The Labute approximate surface area is 74.1 Å². The molecule has 2 aromatic rings. The predicted molar refractivity (Wildman–Crippen MR) is 48.0 cm³/mol. The smallest absolute Gasteiger partial charge is 0.417 e. The zero-order chi connectivity index (χ0) is 9.26. The SMILES string of the molecule is CCOc1ccc2[nH]c(=O)oc2c1. The molecular weight excluding hydrogens is 170 g/mol. The Hall–Kier alpha value is -1.71. The summed E-state index contributed by atoms with van der Waals surface area (Å²) in [5.74, 6) is 0.265. The predicted octanol–water partition coefficient (Wildman–Crippen LogP) is 1.52. The molecule has 1 heterocycles. The number of H-pyrrole nitrogens is 1. The first-order valence-corrected chi connectivity index (χ1v) is 4.05. The molecule has 0 saturated carbocycles. The van der Waals surface area contributed by atoms with Crippen LogP contribution in [0.4, 0.5) is 0 Å². The number of hydrogen-bond acceptors (Lipinski definition) is 3. The molecule has 1 aromatic heterocycles. The topological polar surface area (TPSA) is 55.2 Å². The maximum atomic E-state index is 10.8. The van der Waals surface area contributed by atoms with Crippen LogP contribution in [0.2, 0.25) is 0 Å². The van der Waals surface area contributed by atoms with E-state index in [0.717, 1.165) is 0 Å². The molecule has 4 nitrogen and oxygen atoms in total. The lowest BCUT2D eigenvalue weighted by molar-refractivity contribution is 0.340. The first-order valence-electron chi connectivity index (χ1n) is 4.05. The molecular formula is C9H9NO3. The van der Waals surface area contributed by atoms with E-state index in [1.165, 1.54) is 0 Å². The highest BCUT2D eigenvalue weighted by Crippen LogP contribution is 2.17.